The van der Waals surface area contributed by atoms with Gasteiger partial charge in [0.1, 0.15) is 5.75 Å². The van der Waals surface area contributed by atoms with Crippen molar-refractivity contribution in [1.29, 1.82) is 0 Å². The lowest BCUT2D eigenvalue weighted by molar-refractivity contribution is 0.200. The van der Waals surface area contributed by atoms with Gasteiger partial charge in [-0.25, -0.2) is 0 Å². The highest BCUT2D eigenvalue weighted by atomic mass is 35.5. The minimum absolute atomic E-state index is 0.0891. The zero-order valence-electron chi connectivity index (χ0n) is 10.6. The van der Waals surface area contributed by atoms with Gasteiger partial charge in [-0.15, -0.1) is 0 Å². The van der Waals surface area contributed by atoms with E-state index in [-0.39, 0.29) is 5.75 Å². The van der Waals surface area contributed by atoms with Crippen LogP contribution >= 0.6 is 11.6 Å². The van der Waals surface area contributed by atoms with Gasteiger partial charge >= 0.3 is 0 Å². The van der Waals surface area contributed by atoms with Crippen LogP contribution in [-0.2, 0) is 6.54 Å². The van der Waals surface area contributed by atoms with Gasteiger partial charge in [0.15, 0.2) is 0 Å². The minimum atomic E-state index is -0.545. The molecule has 2 rings (SSSR count). The molecule has 0 aliphatic carbocycles. The summed E-state index contributed by atoms with van der Waals surface area (Å²) in [5.41, 5.74) is 2.38. The van der Waals surface area contributed by atoms with Crippen LogP contribution in [-0.4, -0.2) is 10.2 Å². The summed E-state index contributed by atoms with van der Waals surface area (Å²) < 4.78 is 0. The van der Waals surface area contributed by atoms with E-state index in [0.717, 1.165) is 11.3 Å². The van der Waals surface area contributed by atoms with Crippen molar-refractivity contribution >= 4 is 17.3 Å². The fourth-order valence-corrected chi connectivity index (χ4v) is 2.11. The molecule has 0 fully saturated rings. The molecule has 0 amide bonds. The molecule has 1 atom stereocenters. The average molecular weight is 278 g/mol. The van der Waals surface area contributed by atoms with Crippen LogP contribution in [0.15, 0.2) is 42.5 Å². The van der Waals surface area contributed by atoms with Gasteiger partial charge in [0.05, 0.1) is 11.1 Å². The van der Waals surface area contributed by atoms with Crippen LogP contribution in [0.3, 0.4) is 0 Å². The van der Waals surface area contributed by atoms with E-state index in [1.165, 1.54) is 0 Å². The fraction of sp³-hybridized carbons (Fsp3) is 0.200. The smallest absolute Gasteiger partial charge is 0.139 e. The van der Waals surface area contributed by atoms with Gasteiger partial charge in [0.2, 0.25) is 0 Å². The van der Waals surface area contributed by atoms with Crippen molar-refractivity contribution in [3.05, 3.63) is 58.6 Å². The lowest BCUT2D eigenvalue weighted by Crippen LogP contribution is -2.04. The summed E-state index contributed by atoms with van der Waals surface area (Å²) in [6.07, 6.45) is -0.545. The molecule has 2 aromatic carbocycles. The van der Waals surface area contributed by atoms with Crippen molar-refractivity contribution < 1.29 is 10.2 Å². The Morgan fingerprint density at radius 2 is 1.89 bits per heavy atom. The lowest BCUT2D eigenvalue weighted by atomic mass is 10.1. The quantitative estimate of drug-likeness (QED) is 0.798. The predicted molar refractivity (Wildman–Crippen MR) is 77.5 cm³/mol. The second-order valence-corrected chi connectivity index (χ2v) is 4.77. The Hall–Kier alpha value is -1.71. The van der Waals surface area contributed by atoms with E-state index in [9.17, 15) is 10.2 Å². The molecule has 19 heavy (non-hydrogen) atoms. The molecule has 3 nitrogen and oxygen atoms in total. The highest BCUT2D eigenvalue weighted by Gasteiger charge is 2.08. The van der Waals surface area contributed by atoms with E-state index in [1.54, 1.807) is 25.1 Å². The first-order chi connectivity index (χ1) is 9.09. The molecule has 0 spiro atoms. The van der Waals surface area contributed by atoms with Crippen LogP contribution in [0.5, 0.6) is 5.75 Å². The number of phenols is 1. The summed E-state index contributed by atoms with van der Waals surface area (Å²) in [4.78, 5) is 0. The summed E-state index contributed by atoms with van der Waals surface area (Å²) in [6.45, 7) is 2.16. The maximum absolute atomic E-state index is 9.83. The number of nitrogens with one attached hydrogen (secondary N) is 1. The molecule has 2 aromatic rings. The number of aliphatic hydroxyl groups is 1. The number of anilines is 1. The van der Waals surface area contributed by atoms with Crippen molar-refractivity contribution in [1.82, 2.24) is 0 Å². The van der Waals surface area contributed by atoms with Gasteiger partial charge in [-0.1, -0.05) is 41.9 Å². The van der Waals surface area contributed by atoms with Gasteiger partial charge in [0, 0.05) is 23.4 Å². The number of aromatic hydroxyl groups is 1. The van der Waals surface area contributed by atoms with Crippen LogP contribution in [0.2, 0.25) is 5.02 Å². The zero-order valence-corrected chi connectivity index (χ0v) is 11.4. The Bertz CT molecular complexity index is 570. The number of hydrogen-bond acceptors (Lipinski definition) is 3. The molecule has 0 aromatic heterocycles. The number of halogens is 1. The summed E-state index contributed by atoms with van der Waals surface area (Å²) in [7, 11) is 0. The normalized spacial score (nSPS) is 12.2. The monoisotopic (exact) mass is 277 g/mol. The molecule has 1 unspecified atom stereocenters. The molecule has 0 saturated carbocycles. The standard InChI is InChI=1S/C15H16ClNO2/c1-10(18)12-6-2-3-8-14(12)17-9-11-5-4-7-13(16)15(11)19/h2-8,10,17-19H,9H2,1H3. The van der Waals surface area contributed by atoms with Gasteiger partial charge in [-0.2, -0.15) is 0 Å². The van der Waals surface area contributed by atoms with E-state index in [1.807, 2.05) is 24.3 Å². The van der Waals surface area contributed by atoms with Crippen LogP contribution < -0.4 is 5.32 Å². The van der Waals surface area contributed by atoms with Crippen molar-refractivity contribution in [2.24, 2.45) is 0 Å². The Labute approximate surface area is 117 Å². The molecule has 0 aliphatic heterocycles. The molecule has 100 valence electrons. The van der Waals surface area contributed by atoms with E-state index in [0.29, 0.717) is 17.1 Å². The molecular weight excluding hydrogens is 262 g/mol. The Balaban J connectivity index is 2.17. The van der Waals surface area contributed by atoms with Gasteiger partial charge in [-0.05, 0) is 19.1 Å². The summed E-state index contributed by atoms with van der Waals surface area (Å²) in [5, 5.41) is 23.1. The molecule has 0 saturated heterocycles. The van der Waals surface area contributed by atoms with E-state index >= 15 is 0 Å². The topological polar surface area (TPSA) is 52.5 Å². The fourth-order valence-electron chi connectivity index (χ4n) is 1.92. The maximum Gasteiger partial charge on any atom is 0.139 e. The first-order valence-corrected chi connectivity index (χ1v) is 6.44. The first kappa shape index (κ1) is 13.7. The summed E-state index contributed by atoms with van der Waals surface area (Å²) in [5.74, 6) is 0.0891. The van der Waals surface area contributed by atoms with Gasteiger partial charge < -0.3 is 15.5 Å². The highest BCUT2D eigenvalue weighted by Crippen LogP contribution is 2.28. The maximum atomic E-state index is 9.83. The van der Waals surface area contributed by atoms with Crippen LogP contribution in [0.4, 0.5) is 5.69 Å². The number of hydrogen-bond donors (Lipinski definition) is 3. The summed E-state index contributed by atoms with van der Waals surface area (Å²) in [6, 6.07) is 12.8. The molecular formula is C15H16ClNO2. The molecule has 0 heterocycles. The Morgan fingerprint density at radius 1 is 1.16 bits per heavy atom. The molecule has 0 radical (unpaired) electrons. The van der Waals surface area contributed by atoms with E-state index in [4.69, 9.17) is 11.6 Å². The van der Waals surface area contributed by atoms with Crippen LogP contribution in [0, 0.1) is 0 Å². The second kappa shape index (κ2) is 5.95. The first-order valence-electron chi connectivity index (χ1n) is 6.07. The predicted octanol–water partition coefficient (Wildman–Crippen LogP) is 3.71. The number of para-hydroxylation sites is 2. The summed E-state index contributed by atoms with van der Waals surface area (Å²) >= 11 is 5.86. The second-order valence-electron chi connectivity index (χ2n) is 4.36. The molecule has 0 bridgehead atoms. The van der Waals surface area contributed by atoms with Crippen molar-refractivity contribution in [3.63, 3.8) is 0 Å². The third kappa shape index (κ3) is 3.19. The number of rotatable bonds is 4. The molecule has 3 N–H and O–H groups in total. The van der Waals surface area contributed by atoms with Crippen molar-refractivity contribution in [3.8, 4) is 5.75 Å². The van der Waals surface area contributed by atoms with Gasteiger partial charge in [-0.3, -0.25) is 0 Å². The number of benzene rings is 2. The van der Waals surface area contributed by atoms with Crippen molar-refractivity contribution in [2.45, 2.75) is 19.6 Å². The number of aliphatic hydroxyl groups excluding tert-OH is 1. The van der Waals surface area contributed by atoms with E-state index < -0.39 is 6.10 Å². The lowest BCUT2D eigenvalue weighted by Gasteiger charge is -2.14. The van der Waals surface area contributed by atoms with Crippen LogP contribution in [0.25, 0.3) is 0 Å². The molecule has 4 heteroatoms. The van der Waals surface area contributed by atoms with Crippen molar-refractivity contribution in [2.75, 3.05) is 5.32 Å². The SMILES string of the molecule is CC(O)c1ccccc1NCc1cccc(Cl)c1O. The highest BCUT2D eigenvalue weighted by molar-refractivity contribution is 6.32. The minimum Gasteiger partial charge on any atom is -0.506 e. The average Bonchev–Trinajstić information content (AvgIpc) is 2.40. The third-order valence-corrected chi connectivity index (χ3v) is 3.26. The number of phenolic OH excluding ortho intramolecular Hbond substituents is 1. The Kier molecular flexibility index (Phi) is 4.30. The third-order valence-electron chi connectivity index (χ3n) is 2.95. The molecule has 0 aliphatic rings. The van der Waals surface area contributed by atoms with Crippen LogP contribution in [0.1, 0.15) is 24.2 Å². The zero-order chi connectivity index (χ0) is 13.8. The van der Waals surface area contributed by atoms with Gasteiger partial charge in [0.25, 0.3) is 0 Å². The van der Waals surface area contributed by atoms with E-state index in [2.05, 4.69) is 5.32 Å². The Morgan fingerprint density at radius 3 is 2.63 bits per heavy atom. The largest absolute Gasteiger partial charge is 0.506 e.